The van der Waals surface area contributed by atoms with Gasteiger partial charge in [-0.2, -0.15) is 0 Å². The van der Waals surface area contributed by atoms with Crippen LogP contribution in [0.5, 0.6) is 0 Å². The molecule has 2 saturated heterocycles. The summed E-state index contributed by atoms with van der Waals surface area (Å²) in [7, 11) is 0. The summed E-state index contributed by atoms with van der Waals surface area (Å²) in [5, 5.41) is 0. The second kappa shape index (κ2) is 3.72. The number of fused-ring (bicyclic) bond motifs is 1. The Hall–Kier alpha value is -0.120. The van der Waals surface area contributed by atoms with Gasteiger partial charge in [0.05, 0.1) is 0 Å². The van der Waals surface area contributed by atoms with E-state index in [0.29, 0.717) is 5.54 Å². The second-order valence-corrected chi connectivity index (χ2v) is 5.56. The number of hydrogen-bond acceptors (Lipinski definition) is 3. The van der Waals surface area contributed by atoms with E-state index in [-0.39, 0.29) is 0 Å². The molecule has 0 amide bonds. The van der Waals surface area contributed by atoms with Crippen LogP contribution in [0.25, 0.3) is 0 Å². The highest BCUT2D eigenvalue weighted by atomic mass is 15.3. The molecule has 1 aliphatic carbocycles. The molecule has 0 spiro atoms. The fourth-order valence-corrected chi connectivity index (χ4v) is 3.38. The highest BCUT2D eigenvalue weighted by molar-refractivity contribution is 5.07. The molecule has 2 N–H and O–H groups in total. The predicted molar refractivity (Wildman–Crippen MR) is 61.8 cm³/mol. The van der Waals surface area contributed by atoms with Gasteiger partial charge in [0, 0.05) is 37.8 Å². The number of nitrogens with two attached hydrogens (primary N) is 1. The van der Waals surface area contributed by atoms with Crippen molar-refractivity contribution in [3.63, 3.8) is 0 Å². The lowest BCUT2D eigenvalue weighted by molar-refractivity contribution is 0.0220. The third kappa shape index (κ3) is 1.71. The maximum Gasteiger partial charge on any atom is 0.0334 e. The van der Waals surface area contributed by atoms with E-state index in [1.165, 1.54) is 58.3 Å². The maximum atomic E-state index is 5.91. The van der Waals surface area contributed by atoms with Gasteiger partial charge in [-0.1, -0.05) is 6.42 Å². The maximum absolute atomic E-state index is 5.91. The molecule has 1 saturated carbocycles. The topological polar surface area (TPSA) is 32.5 Å². The average Bonchev–Trinajstić information content (AvgIpc) is 3.09. The van der Waals surface area contributed by atoms with Gasteiger partial charge in [-0.3, -0.25) is 9.80 Å². The van der Waals surface area contributed by atoms with Gasteiger partial charge in [0.15, 0.2) is 0 Å². The van der Waals surface area contributed by atoms with Crippen molar-refractivity contribution in [2.24, 2.45) is 5.73 Å². The molecule has 1 unspecified atom stereocenters. The van der Waals surface area contributed by atoms with E-state index >= 15 is 0 Å². The van der Waals surface area contributed by atoms with Crippen LogP contribution in [0.15, 0.2) is 0 Å². The summed E-state index contributed by atoms with van der Waals surface area (Å²) in [5.41, 5.74) is 6.35. The van der Waals surface area contributed by atoms with E-state index in [9.17, 15) is 0 Å². The van der Waals surface area contributed by atoms with Crippen molar-refractivity contribution in [1.82, 2.24) is 9.80 Å². The molecule has 0 aromatic heterocycles. The first-order valence-corrected chi connectivity index (χ1v) is 6.53. The van der Waals surface area contributed by atoms with Crippen LogP contribution in [0.4, 0.5) is 0 Å². The molecular weight excluding hydrogens is 186 g/mol. The Labute approximate surface area is 92.6 Å². The molecule has 0 bridgehead atoms. The van der Waals surface area contributed by atoms with Crippen LogP contribution in [-0.4, -0.2) is 54.1 Å². The summed E-state index contributed by atoms with van der Waals surface area (Å²) in [6, 6.07) is 0.844. The van der Waals surface area contributed by atoms with Crippen molar-refractivity contribution in [3.8, 4) is 0 Å². The van der Waals surface area contributed by atoms with Gasteiger partial charge >= 0.3 is 0 Å². The summed E-state index contributed by atoms with van der Waals surface area (Å²) < 4.78 is 0. The molecule has 3 aliphatic rings. The van der Waals surface area contributed by atoms with E-state index in [1.54, 1.807) is 0 Å². The minimum Gasteiger partial charge on any atom is -0.329 e. The van der Waals surface area contributed by atoms with Gasteiger partial charge in [-0.25, -0.2) is 0 Å². The van der Waals surface area contributed by atoms with E-state index in [4.69, 9.17) is 5.73 Å². The quantitative estimate of drug-likeness (QED) is 0.725. The lowest BCUT2D eigenvalue weighted by Gasteiger charge is -2.46. The fraction of sp³-hybridized carbons (Fsp3) is 1.00. The third-order valence-electron chi connectivity index (χ3n) is 4.72. The highest BCUT2D eigenvalue weighted by Gasteiger charge is 2.48. The first-order valence-electron chi connectivity index (χ1n) is 6.53. The molecule has 1 atom stereocenters. The summed E-state index contributed by atoms with van der Waals surface area (Å²) >= 11 is 0. The van der Waals surface area contributed by atoms with Crippen molar-refractivity contribution in [2.75, 3.05) is 32.7 Å². The van der Waals surface area contributed by atoms with E-state index in [0.717, 1.165) is 12.6 Å². The van der Waals surface area contributed by atoms with Crippen molar-refractivity contribution in [2.45, 2.75) is 43.7 Å². The minimum atomic E-state index is 0.434. The zero-order chi connectivity index (χ0) is 10.3. The van der Waals surface area contributed by atoms with Gasteiger partial charge in [0.2, 0.25) is 0 Å². The first kappa shape index (κ1) is 10.1. The molecule has 86 valence electrons. The highest BCUT2D eigenvalue weighted by Crippen LogP contribution is 2.42. The van der Waals surface area contributed by atoms with Crippen molar-refractivity contribution in [3.05, 3.63) is 0 Å². The van der Waals surface area contributed by atoms with Gasteiger partial charge in [0.1, 0.15) is 0 Å². The normalized spacial score (nSPS) is 36.2. The largest absolute Gasteiger partial charge is 0.329 e. The lowest BCUT2D eigenvalue weighted by atomic mass is 9.98. The van der Waals surface area contributed by atoms with Crippen LogP contribution >= 0.6 is 0 Å². The molecule has 3 nitrogen and oxygen atoms in total. The number of piperidine rings is 1. The van der Waals surface area contributed by atoms with Gasteiger partial charge in [-0.05, 0) is 32.2 Å². The molecule has 3 heteroatoms. The molecule has 0 aromatic carbocycles. The van der Waals surface area contributed by atoms with Crippen LogP contribution in [0, 0.1) is 0 Å². The lowest BCUT2D eigenvalue weighted by Crippen LogP contribution is -2.59. The Morgan fingerprint density at radius 2 is 2.00 bits per heavy atom. The number of hydrogen-bond donors (Lipinski definition) is 1. The van der Waals surface area contributed by atoms with Crippen molar-refractivity contribution in [1.29, 1.82) is 0 Å². The monoisotopic (exact) mass is 209 g/mol. The van der Waals surface area contributed by atoms with E-state index < -0.39 is 0 Å². The summed E-state index contributed by atoms with van der Waals surface area (Å²) in [5.74, 6) is 0. The van der Waals surface area contributed by atoms with Crippen LogP contribution in [-0.2, 0) is 0 Å². The molecule has 2 heterocycles. The molecule has 2 aliphatic heterocycles. The summed E-state index contributed by atoms with van der Waals surface area (Å²) in [6.45, 7) is 6.05. The van der Waals surface area contributed by atoms with E-state index in [1.807, 2.05) is 0 Å². The predicted octanol–water partition coefficient (Wildman–Crippen LogP) is 0.648. The van der Waals surface area contributed by atoms with Crippen LogP contribution < -0.4 is 5.73 Å². The Balaban J connectivity index is 1.65. The minimum absolute atomic E-state index is 0.434. The Kier molecular flexibility index (Phi) is 2.49. The van der Waals surface area contributed by atoms with Crippen LogP contribution in [0.3, 0.4) is 0 Å². The standard InChI is InChI=1S/C12H23N3/c13-10-12(4-5-12)15-8-7-14-6-2-1-3-11(14)9-15/h11H,1-10,13H2. The van der Waals surface area contributed by atoms with Gasteiger partial charge in [0.25, 0.3) is 0 Å². The van der Waals surface area contributed by atoms with Crippen molar-refractivity contribution < 1.29 is 0 Å². The zero-order valence-electron chi connectivity index (χ0n) is 9.62. The smallest absolute Gasteiger partial charge is 0.0334 e. The summed E-state index contributed by atoms with van der Waals surface area (Å²) in [6.07, 6.45) is 6.95. The van der Waals surface area contributed by atoms with Crippen molar-refractivity contribution >= 4 is 0 Å². The molecule has 15 heavy (non-hydrogen) atoms. The zero-order valence-corrected chi connectivity index (χ0v) is 9.62. The SMILES string of the molecule is NCC1(N2CCN3CCCCC3C2)CC1. The van der Waals surface area contributed by atoms with Crippen LogP contribution in [0.2, 0.25) is 0 Å². The number of rotatable bonds is 2. The molecular formula is C12H23N3. The fourth-order valence-electron chi connectivity index (χ4n) is 3.38. The third-order valence-corrected chi connectivity index (χ3v) is 4.72. The Morgan fingerprint density at radius 3 is 2.73 bits per heavy atom. The first-order chi connectivity index (χ1) is 7.34. The number of nitrogens with zero attached hydrogens (tertiary/aromatic N) is 2. The molecule has 0 aromatic rings. The van der Waals surface area contributed by atoms with E-state index in [2.05, 4.69) is 9.80 Å². The molecule has 3 fully saturated rings. The van der Waals surface area contributed by atoms with Gasteiger partial charge < -0.3 is 5.73 Å². The molecule has 3 rings (SSSR count). The number of piperazine rings is 1. The molecule has 0 radical (unpaired) electrons. The van der Waals surface area contributed by atoms with Gasteiger partial charge in [-0.15, -0.1) is 0 Å². The second-order valence-electron chi connectivity index (χ2n) is 5.56. The summed E-state index contributed by atoms with van der Waals surface area (Å²) in [4.78, 5) is 5.39. The van der Waals surface area contributed by atoms with Crippen LogP contribution in [0.1, 0.15) is 32.1 Å². The Morgan fingerprint density at radius 1 is 1.13 bits per heavy atom. The average molecular weight is 209 g/mol. The Bertz CT molecular complexity index is 237.